The summed E-state index contributed by atoms with van der Waals surface area (Å²) in [6, 6.07) is 11.6. The molecule has 0 spiro atoms. The van der Waals surface area contributed by atoms with Gasteiger partial charge < -0.3 is 19.6 Å². The van der Waals surface area contributed by atoms with Gasteiger partial charge in [0.15, 0.2) is 0 Å². The first kappa shape index (κ1) is 23.8. The Bertz CT molecular complexity index is 1030. The van der Waals surface area contributed by atoms with Crippen molar-refractivity contribution in [1.29, 1.82) is 0 Å². The van der Waals surface area contributed by atoms with E-state index in [0.29, 0.717) is 36.0 Å². The van der Waals surface area contributed by atoms with Crippen molar-refractivity contribution in [2.24, 2.45) is 0 Å². The number of carbonyl (C=O) groups excluding carboxylic acids is 2. The molecule has 2 aromatic rings. The lowest BCUT2D eigenvalue weighted by Gasteiger charge is -2.26. The van der Waals surface area contributed by atoms with E-state index in [4.69, 9.17) is 16.3 Å². The van der Waals surface area contributed by atoms with Gasteiger partial charge in [0.2, 0.25) is 0 Å². The molecule has 1 aliphatic heterocycles. The van der Waals surface area contributed by atoms with Crippen LogP contribution in [0.1, 0.15) is 36.1 Å². The molecule has 170 valence electrons. The normalized spacial score (nSPS) is 17.9. The molecule has 1 amide bonds. The summed E-state index contributed by atoms with van der Waals surface area (Å²) in [6.07, 6.45) is 0.887. The number of aliphatic hydroxyl groups is 1. The van der Waals surface area contributed by atoms with Crippen molar-refractivity contribution in [1.82, 2.24) is 9.80 Å². The number of likely N-dealkylation sites (N-methyl/N-ethyl adjacent to an activating group) is 1. The van der Waals surface area contributed by atoms with Crippen LogP contribution in [0, 0.1) is 6.92 Å². The van der Waals surface area contributed by atoms with Crippen LogP contribution in [0.2, 0.25) is 5.02 Å². The van der Waals surface area contributed by atoms with Gasteiger partial charge in [-0.3, -0.25) is 9.59 Å². The number of nitrogens with zero attached hydrogens (tertiary/aromatic N) is 2. The molecule has 3 rings (SSSR count). The molecule has 0 bridgehead atoms. The molecule has 1 fully saturated rings. The summed E-state index contributed by atoms with van der Waals surface area (Å²) in [4.78, 5) is 29.5. The number of Topliss-reactive ketones (excluding diaryl/α,β-unsaturated/α-hetero) is 1. The van der Waals surface area contributed by atoms with Crippen LogP contribution in [-0.4, -0.2) is 60.4 Å². The first-order chi connectivity index (χ1) is 15.2. The molecule has 2 aromatic carbocycles. The minimum Gasteiger partial charge on any atom is -0.507 e. The van der Waals surface area contributed by atoms with Crippen LogP contribution in [-0.2, 0) is 9.59 Å². The van der Waals surface area contributed by atoms with E-state index >= 15 is 0 Å². The first-order valence-electron chi connectivity index (χ1n) is 10.7. The number of hydrogen-bond donors (Lipinski definition) is 1. The topological polar surface area (TPSA) is 70.1 Å². The van der Waals surface area contributed by atoms with Gasteiger partial charge in [-0.05, 0) is 68.9 Å². The lowest BCUT2D eigenvalue weighted by atomic mass is 9.94. The van der Waals surface area contributed by atoms with E-state index in [1.165, 1.54) is 4.90 Å². The van der Waals surface area contributed by atoms with Crippen LogP contribution in [0.25, 0.3) is 5.76 Å². The number of benzene rings is 2. The van der Waals surface area contributed by atoms with Gasteiger partial charge in [0.1, 0.15) is 11.5 Å². The monoisotopic (exact) mass is 456 g/mol. The molecule has 32 heavy (non-hydrogen) atoms. The third kappa shape index (κ3) is 4.97. The minimum absolute atomic E-state index is 0.0846. The summed E-state index contributed by atoms with van der Waals surface area (Å²) in [7, 11) is 3.80. The molecule has 1 heterocycles. The van der Waals surface area contributed by atoms with E-state index < -0.39 is 17.7 Å². The Balaban J connectivity index is 2.10. The molecule has 1 atom stereocenters. The van der Waals surface area contributed by atoms with Gasteiger partial charge >= 0.3 is 0 Å². The van der Waals surface area contributed by atoms with E-state index in [9.17, 15) is 14.7 Å². The van der Waals surface area contributed by atoms with Gasteiger partial charge in [0.25, 0.3) is 11.7 Å². The second-order valence-electron chi connectivity index (χ2n) is 8.17. The van der Waals surface area contributed by atoms with Gasteiger partial charge in [-0.2, -0.15) is 0 Å². The lowest BCUT2D eigenvalue weighted by Crippen LogP contribution is -2.35. The quantitative estimate of drug-likeness (QED) is 0.361. The van der Waals surface area contributed by atoms with E-state index in [1.54, 1.807) is 36.4 Å². The number of halogens is 1. The maximum Gasteiger partial charge on any atom is 0.295 e. The Kier molecular flexibility index (Phi) is 7.59. The first-order valence-corrected chi connectivity index (χ1v) is 11.0. The highest BCUT2D eigenvalue weighted by molar-refractivity contribution is 6.46. The lowest BCUT2D eigenvalue weighted by molar-refractivity contribution is -0.140. The van der Waals surface area contributed by atoms with Crippen LogP contribution in [0.5, 0.6) is 5.75 Å². The fraction of sp³-hybridized carbons (Fsp3) is 0.360. The molecule has 0 aliphatic carbocycles. The van der Waals surface area contributed by atoms with Crippen molar-refractivity contribution >= 4 is 29.1 Å². The minimum atomic E-state index is -0.692. The Morgan fingerprint density at radius 2 is 1.84 bits per heavy atom. The summed E-state index contributed by atoms with van der Waals surface area (Å²) in [6.45, 7) is 5.40. The number of likely N-dealkylation sites (tertiary alicyclic amines) is 1. The van der Waals surface area contributed by atoms with E-state index in [-0.39, 0.29) is 11.3 Å². The Labute approximate surface area is 194 Å². The number of rotatable bonds is 8. The van der Waals surface area contributed by atoms with Gasteiger partial charge in [-0.15, -0.1) is 0 Å². The number of aliphatic hydroxyl groups excluding tert-OH is 1. The Morgan fingerprint density at radius 3 is 2.44 bits per heavy atom. The summed E-state index contributed by atoms with van der Waals surface area (Å²) in [5.74, 6) is -0.794. The third-order valence-corrected chi connectivity index (χ3v) is 5.69. The fourth-order valence-corrected chi connectivity index (χ4v) is 3.89. The molecule has 1 N–H and O–H groups in total. The van der Waals surface area contributed by atoms with Crippen molar-refractivity contribution in [2.75, 3.05) is 33.8 Å². The van der Waals surface area contributed by atoms with Crippen LogP contribution in [0.15, 0.2) is 48.0 Å². The van der Waals surface area contributed by atoms with Crippen molar-refractivity contribution in [3.8, 4) is 5.75 Å². The SMILES string of the molecule is CCCOc1ccc(C(O)=C2C(=O)C(=O)N(CCN(C)C)[C@@H]2c2ccc(Cl)cc2)c(C)c1. The molecule has 6 nitrogen and oxygen atoms in total. The zero-order valence-corrected chi connectivity index (χ0v) is 19.6. The maximum absolute atomic E-state index is 13.1. The van der Waals surface area contributed by atoms with Crippen LogP contribution in [0.3, 0.4) is 0 Å². The third-order valence-electron chi connectivity index (χ3n) is 5.44. The summed E-state index contributed by atoms with van der Waals surface area (Å²) < 4.78 is 5.66. The molecule has 0 radical (unpaired) electrons. The van der Waals surface area contributed by atoms with Gasteiger partial charge in [-0.25, -0.2) is 0 Å². The zero-order chi connectivity index (χ0) is 23.4. The second-order valence-corrected chi connectivity index (χ2v) is 8.61. The zero-order valence-electron chi connectivity index (χ0n) is 18.9. The summed E-state index contributed by atoms with van der Waals surface area (Å²) in [5.41, 5.74) is 2.06. The molecular formula is C25H29ClN2O4. The van der Waals surface area contributed by atoms with Gasteiger partial charge in [0.05, 0.1) is 18.2 Å². The smallest absolute Gasteiger partial charge is 0.295 e. The van der Waals surface area contributed by atoms with Gasteiger partial charge in [0, 0.05) is 23.7 Å². The van der Waals surface area contributed by atoms with Gasteiger partial charge in [-0.1, -0.05) is 30.7 Å². The highest BCUT2D eigenvalue weighted by atomic mass is 35.5. The van der Waals surface area contributed by atoms with Crippen LogP contribution in [0.4, 0.5) is 0 Å². The van der Waals surface area contributed by atoms with Crippen molar-refractivity contribution in [2.45, 2.75) is 26.3 Å². The maximum atomic E-state index is 13.1. The van der Waals surface area contributed by atoms with Crippen molar-refractivity contribution in [3.05, 3.63) is 69.8 Å². The Morgan fingerprint density at radius 1 is 1.16 bits per heavy atom. The van der Waals surface area contributed by atoms with E-state index in [0.717, 1.165) is 17.5 Å². The number of ketones is 1. The molecular weight excluding hydrogens is 428 g/mol. The number of amides is 1. The number of ether oxygens (including phenoxy) is 1. The molecule has 0 aromatic heterocycles. The van der Waals surface area contributed by atoms with Crippen molar-refractivity contribution < 1.29 is 19.4 Å². The highest BCUT2D eigenvalue weighted by Gasteiger charge is 2.46. The molecule has 0 unspecified atom stereocenters. The predicted molar refractivity (Wildman–Crippen MR) is 126 cm³/mol. The van der Waals surface area contributed by atoms with E-state index in [1.807, 2.05) is 38.9 Å². The number of carbonyl (C=O) groups is 2. The second kappa shape index (κ2) is 10.2. The predicted octanol–water partition coefficient (Wildman–Crippen LogP) is 4.42. The van der Waals surface area contributed by atoms with E-state index in [2.05, 4.69) is 0 Å². The van der Waals surface area contributed by atoms with Crippen LogP contribution < -0.4 is 4.74 Å². The average molecular weight is 457 g/mol. The largest absolute Gasteiger partial charge is 0.507 e. The molecule has 1 aliphatic rings. The van der Waals surface area contributed by atoms with Crippen molar-refractivity contribution in [3.63, 3.8) is 0 Å². The summed E-state index contributed by atoms with van der Waals surface area (Å²) in [5, 5.41) is 11.8. The molecule has 1 saturated heterocycles. The highest BCUT2D eigenvalue weighted by Crippen LogP contribution is 2.40. The summed E-state index contributed by atoms with van der Waals surface area (Å²) >= 11 is 6.05. The Hall–Kier alpha value is -2.83. The number of hydrogen-bond acceptors (Lipinski definition) is 5. The average Bonchev–Trinajstić information content (AvgIpc) is 3.01. The molecule has 7 heteroatoms. The molecule has 0 saturated carbocycles. The van der Waals surface area contributed by atoms with Crippen LogP contribution >= 0.6 is 11.6 Å². The number of aryl methyl sites for hydroxylation is 1. The standard InChI is InChI=1S/C25H29ClN2O4/c1-5-14-32-19-10-11-20(16(2)15-19)23(29)21-22(17-6-8-18(26)9-7-17)28(13-12-27(3)4)25(31)24(21)30/h6-11,15,22,29H,5,12-14H2,1-4H3/t22-/m1/s1. The fourth-order valence-electron chi connectivity index (χ4n) is 3.77.